The van der Waals surface area contributed by atoms with E-state index in [0.29, 0.717) is 12.4 Å². The van der Waals surface area contributed by atoms with Crippen molar-refractivity contribution in [2.24, 2.45) is 0 Å². The van der Waals surface area contributed by atoms with Crippen molar-refractivity contribution in [3.63, 3.8) is 0 Å². The summed E-state index contributed by atoms with van der Waals surface area (Å²) in [5, 5.41) is 0. The van der Waals surface area contributed by atoms with E-state index in [1.165, 1.54) is 37.4 Å². The Morgan fingerprint density at radius 2 is 1.87 bits per heavy atom. The maximum atomic E-state index is 14.6. The number of ether oxygens (including phenoxy) is 2. The van der Waals surface area contributed by atoms with Crippen LogP contribution in [0.15, 0.2) is 43.3 Å². The molecule has 1 unspecified atom stereocenters. The molecule has 0 saturated carbocycles. The summed E-state index contributed by atoms with van der Waals surface area (Å²) in [6, 6.07) is 3.03. The topological polar surface area (TPSA) is 44.2 Å². The van der Waals surface area contributed by atoms with E-state index < -0.39 is 11.6 Å². The maximum Gasteiger partial charge on any atom is 0.170 e. The van der Waals surface area contributed by atoms with Gasteiger partial charge in [0.05, 0.1) is 24.1 Å². The van der Waals surface area contributed by atoms with E-state index in [1.54, 1.807) is 12.2 Å². The fourth-order valence-electron chi connectivity index (χ4n) is 3.00. The van der Waals surface area contributed by atoms with Gasteiger partial charge in [0.1, 0.15) is 6.61 Å². The molecule has 0 bridgehead atoms. The summed E-state index contributed by atoms with van der Waals surface area (Å²) in [7, 11) is 0. The van der Waals surface area contributed by atoms with Gasteiger partial charge in [0.25, 0.3) is 0 Å². The van der Waals surface area contributed by atoms with Crippen LogP contribution in [0.3, 0.4) is 0 Å². The van der Waals surface area contributed by atoms with Crippen molar-refractivity contribution in [1.82, 2.24) is 9.97 Å². The minimum atomic E-state index is -0.962. The molecule has 4 nitrogen and oxygen atoms in total. The zero-order chi connectivity index (χ0) is 22.5. The van der Waals surface area contributed by atoms with E-state index in [-0.39, 0.29) is 23.1 Å². The van der Waals surface area contributed by atoms with Crippen molar-refractivity contribution in [1.29, 1.82) is 0 Å². The molecular formula is C25H32F2N2O2. The molecule has 31 heavy (non-hydrogen) atoms. The van der Waals surface area contributed by atoms with Crippen molar-refractivity contribution in [2.75, 3.05) is 13.2 Å². The van der Waals surface area contributed by atoms with Crippen LogP contribution in [-0.4, -0.2) is 29.3 Å². The van der Waals surface area contributed by atoms with Gasteiger partial charge in [0.15, 0.2) is 23.2 Å². The van der Waals surface area contributed by atoms with E-state index in [2.05, 4.69) is 30.4 Å². The smallest absolute Gasteiger partial charge is 0.170 e. The number of unbranched alkanes of at least 4 members (excludes halogenated alkanes) is 3. The van der Waals surface area contributed by atoms with Crippen LogP contribution in [0.2, 0.25) is 0 Å². The molecule has 0 radical (unpaired) electrons. The minimum Gasteiger partial charge on any atom is -0.486 e. The molecule has 0 amide bonds. The Labute approximate surface area is 184 Å². The van der Waals surface area contributed by atoms with Gasteiger partial charge < -0.3 is 9.47 Å². The summed E-state index contributed by atoms with van der Waals surface area (Å²) in [6.07, 6.45) is 14.3. The Morgan fingerprint density at radius 3 is 2.58 bits per heavy atom. The van der Waals surface area contributed by atoms with Gasteiger partial charge in [-0.25, -0.2) is 18.7 Å². The van der Waals surface area contributed by atoms with Crippen molar-refractivity contribution >= 4 is 6.08 Å². The molecule has 2 aromatic rings. The molecule has 1 aromatic heterocycles. The highest BCUT2D eigenvalue weighted by Crippen LogP contribution is 2.25. The fraction of sp³-hybridized carbons (Fsp3) is 0.440. The SMILES string of the molecule is C=CCOc1cnc(-c2ccc(/C=C/CCCC(C)OCCCCC)c(F)c2F)nc1. The second kappa shape index (κ2) is 13.7. The summed E-state index contributed by atoms with van der Waals surface area (Å²) in [5.74, 6) is -1.33. The van der Waals surface area contributed by atoms with Gasteiger partial charge in [-0.05, 0) is 38.7 Å². The summed E-state index contributed by atoms with van der Waals surface area (Å²) in [6.45, 7) is 8.92. The molecule has 0 saturated heterocycles. The molecule has 1 heterocycles. The first-order chi connectivity index (χ1) is 15.1. The molecule has 6 heteroatoms. The normalized spacial score (nSPS) is 12.3. The van der Waals surface area contributed by atoms with Crippen LogP contribution in [0.5, 0.6) is 5.75 Å². The van der Waals surface area contributed by atoms with Crippen LogP contribution in [0.25, 0.3) is 17.5 Å². The summed E-state index contributed by atoms with van der Waals surface area (Å²) >= 11 is 0. The van der Waals surface area contributed by atoms with Crippen LogP contribution in [0.1, 0.15) is 57.9 Å². The quantitative estimate of drug-likeness (QED) is 0.245. The Bertz CT molecular complexity index is 838. The number of halogens is 2. The third-order valence-corrected chi connectivity index (χ3v) is 4.78. The van der Waals surface area contributed by atoms with E-state index in [0.717, 1.165) is 32.3 Å². The predicted molar refractivity (Wildman–Crippen MR) is 121 cm³/mol. The lowest BCUT2D eigenvalue weighted by molar-refractivity contribution is 0.0566. The second-order valence-corrected chi connectivity index (χ2v) is 7.39. The first kappa shape index (κ1) is 24.7. The number of nitrogens with zero attached hydrogens (tertiary/aromatic N) is 2. The lowest BCUT2D eigenvalue weighted by Crippen LogP contribution is -2.08. The Morgan fingerprint density at radius 1 is 1.10 bits per heavy atom. The molecule has 168 valence electrons. The maximum absolute atomic E-state index is 14.6. The molecule has 0 aliphatic rings. The minimum absolute atomic E-state index is 0.0129. The van der Waals surface area contributed by atoms with Crippen molar-refractivity contribution < 1.29 is 18.3 Å². The third-order valence-electron chi connectivity index (χ3n) is 4.78. The molecule has 1 aromatic carbocycles. The van der Waals surface area contributed by atoms with Crippen LogP contribution in [-0.2, 0) is 4.74 Å². The number of allylic oxidation sites excluding steroid dienone is 1. The number of hydrogen-bond acceptors (Lipinski definition) is 4. The van der Waals surface area contributed by atoms with Crippen molar-refractivity contribution in [3.8, 4) is 17.1 Å². The van der Waals surface area contributed by atoms with Gasteiger partial charge in [0.2, 0.25) is 0 Å². The second-order valence-electron chi connectivity index (χ2n) is 7.39. The summed E-state index contributed by atoms with van der Waals surface area (Å²) in [4.78, 5) is 8.12. The first-order valence-electron chi connectivity index (χ1n) is 10.9. The first-order valence-corrected chi connectivity index (χ1v) is 10.9. The predicted octanol–water partition coefficient (Wildman–Crippen LogP) is 6.77. The fourth-order valence-corrected chi connectivity index (χ4v) is 3.00. The van der Waals surface area contributed by atoms with Crippen LogP contribution in [0.4, 0.5) is 8.78 Å². The summed E-state index contributed by atoms with van der Waals surface area (Å²) < 4.78 is 40.1. The lowest BCUT2D eigenvalue weighted by atomic mass is 10.1. The molecule has 0 aliphatic carbocycles. The van der Waals surface area contributed by atoms with Gasteiger partial charge in [0, 0.05) is 12.2 Å². The van der Waals surface area contributed by atoms with Gasteiger partial charge >= 0.3 is 0 Å². The monoisotopic (exact) mass is 430 g/mol. The van der Waals surface area contributed by atoms with Gasteiger partial charge in [-0.3, -0.25) is 0 Å². The zero-order valence-corrected chi connectivity index (χ0v) is 18.4. The molecule has 0 spiro atoms. The highest BCUT2D eigenvalue weighted by atomic mass is 19.2. The van der Waals surface area contributed by atoms with Gasteiger partial charge in [-0.15, -0.1) is 0 Å². The molecular weight excluding hydrogens is 398 g/mol. The number of rotatable bonds is 14. The lowest BCUT2D eigenvalue weighted by Gasteiger charge is -2.12. The van der Waals surface area contributed by atoms with Crippen LogP contribution >= 0.6 is 0 Å². The molecule has 0 fully saturated rings. The van der Waals surface area contributed by atoms with Crippen molar-refractivity contribution in [3.05, 3.63) is 60.5 Å². The molecule has 0 N–H and O–H groups in total. The largest absolute Gasteiger partial charge is 0.486 e. The van der Waals surface area contributed by atoms with Crippen LogP contribution < -0.4 is 4.74 Å². The average Bonchev–Trinajstić information content (AvgIpc) is 2.78. The van der Waals surface area contributed by atoms with Gasteiger partial charge in [-0.2, -0.15) is 0 Å². The van der Waals surface area contributed by atoms with E-state index in [1.807, 2.05) is 6.08 Å². The van der Waals surface area contributed by atoms with E-state index >= 15 is 0 Å². The number of aromatic nitrogens is 2. The Kier molecular flexibility index (Phi) is 10.9. The third kappa shape index (κ3) is 8.21. The molecule has 2 rings (SSSR count). The Hall–Kier alpha value is -2.60. The van der Waals surface area contributed by atoms with Crippen molar-refractivity contribution in [2.45, 2.75) is 58.5 Å². The molecule has 0 aliphatic heterocycles. The Balaban J connectivity index is 1.88. The summed E-state index contributed by atoms with van der Waals surface area (Å²) in [5.41, 5.74) is 0.218. The van der Waals surface area contributed by atoms with Gasteiger partial charge in [-0.1, -0.05) is 50.6 Å². The zero-order valence-electron chi connectivity index (χ0n) is 18.4. The molecule has 1 atom stereocenters. The highest BCUT2D eigenvalue weighted by molar-refractivity contribution is 5.61. The number of hydrogen-bond donors (Lipinski definition) is 0. The highest BCUT2D eigenvalue weighted by Gasteiger charge is 2.15. The van der Waals surface area contributed by atoms with E-state index in [4.69, 9.17) is 9.47 Å². The number of benzene rings is 1. The van der Waals surface area contributed by atoms with Crippen LogP contribution in [0, 0.1) is 11.6 Å². The standard InChI is InChI=1S/C25H32F2N2O2/c1-4-6-10-16-30-19(3)11-8-7-9-12-20-13-14-22(24(27)23(20)26)25-28-17-21(18-29-25)31-15-5-2/h5,9,12-14,17-19H,2,4,6-8,10-11,15-16H2,1,3H3/b12-9+. The average molecular weight is 431 g/mol. The van der Waals surface area contributed by atoms with E-state index in [9.17, 15) is 8.78 Å².